The Bertz CT molecular complexity index is 972. The first-order valence-corrected chi connectivity index (χ1v) is 8.46. The fourth-order valence-electron chi connectivity index (χ4n) is 2.40. The summed E-state index contributed by atoms with van der Waals surface area (Å²) < 4.78 is 15.9. The van der Waals surface area contributed by atoms with Crippen molar-refractivity contribution in [2.45, 2.75) is 0 Å². The largest absolute Gasteiger partial charge is 0.480 e. The van der Waals surface area contributed by atoms with Crippen LogP contribution in [0.2, 0.25) is 0 Å². The lowest BCUT2D eigenvalue weighted by Crippen LogP contribution is -2.21. The van der Waals surface area contributed by atoms with E-state index in [4.69, 9.17) is 19.9 Å². The summed E-state index contributed by atoms with van der Waals surface area (Å²) in [6.07, 6.45) is 3.09. The van der Waals surface area contributed by atoms with Crippen molar-refractivity contribution in [3.63, 3.8) is 0 Å². The van der Waals surface area contributed by atoms with Crippen LogP contribution in [0.1, 0.15) is 15.9 Å². The Balaban J connectivity index is 1.42. The van der Waals surface area contributed by atoms with Gasteiger partial charge in [0.05, 0.1) is 12.1 Å². The van der Waals surface area contributed by atoms with E-state index in [1.807, 2.05) is 6.07 Å². The van der Waals surface area contributed by atoms with Crippen LogP contribution >= 0.6 is 0 Å². The molecule has 0 saturated carbocycles. The highest BCUT2D eigenvalue weighted by Crippen LogP contribution is 2.32. The van der Waals surface area contributed by atoms with Gasteiger partial charge in [-0.15, -0.1) is 0 Å². The lowest BCUT2D eigenvalue weighted by molar-refractivity contribution is -0.116. The summed E-state index contributed by atoms with van der Waals surface area (Å²) in [6.45, 7) is 0.456. The number of amides is 2. The average molecular weight is 378 g/mol. The van der Waals surface area contributed by atoms with Crippen molar-refractivity contribution in [3.8, 4) is 29.1 Å². The molecule has 1 aliphatic heterocycles. The summed E-state index contributed by atoms with van der Waals surface area (Å²) in [6, 6.07) is 12.1. The van der Waals surface area contributed by atoms with E-state index in [9.17, 15) is 9.59 Å². The van der Waals surface area contributed by atoms with Crippen LogP contribution in [0.3, 0.4) is 0 Å². The molecule has 0 aromatic heterocycles. The molecular weight excluding hydrogens is 360 g/mol. The van der Waals surface area contributed by atoms with Crippen LogP contribution in [0.15, 0.2) is 48.5 Å². The van der Waals surface area contributed by atoms with Gasteiger partial charge < -0.3 is 25.3 Å². The molecule has 3 rings (SSSR count). The normalized spacial score (nSPS) is 11.6. The van der Waals surface area contributed by atoms with E-state index < -0.39 is 5.91 Å². The predicted octanol–water partition coefficient (Wildman–Crippen LogP) is 1.73. The van der Waals surface area contributed by atoms with Gasteiger partial charge in [-0.3, -0.25) is 9.59 Å². The lowest BCUT2D eigenvalue weighted by Gasteiger charge is -2.05. The SMILES string of the molecule is NC(=O)c1ccccc1OCC#CCNC(=O)C=Cc1ccc2c(c1)OCO2. The first-order chi connectivity index (χ1) is 13.6. The summed E-state index contributed by atoms with van der Waals surface area (Å²) >= 11 is 0. The smallest absolute Gasteiger partial charge is 0.252 e. The van der Waals surface area contributed by atoms with E-state index in [0.29, 0.717) is 22.8 Å². The van der Waals surface area contributed by atoms with Crippen LogP contribution in [0.25, 0.3) is 6.08 Å². The second-order valence-electron chi connectivity index (χ2n) is 5.67. The van der Waals surface area contributed by atoms with E-state index in [1.54, 1.807) is 42.5 Å². The highest BCUT2D eigenvalue weighted by atomic mass is 16.7. The number of fused-ring (bicyclic) bond motifs is 1. The highest BCUT2D eigenvalue weighted by Gasteiger charge is 2.12. The number of hydrogen-bond donors (Lipinski definition) is 2. The van der Waals surface area contributed by atoms with Gasteiger partial charge in [-0.25, -0.2) is 0 Å². The van der Waals surface area contributed by atoms with Gasteiger partial charge in [-0.1, -0.05) is 30.0 Å². The molecule has 7 heteroatoms. The maximum atomic E-state index is 11.8. The van der Waals surface area contributed by atoms with E-state index in [-0.39, 0.29) is 25.9 Å². The van der Waals surface area contributed by atoms with Crippen LogP contribution in [0.5, 0.6) is 17.2 Å². The number of para-hydroxylation sites is 1. The molecule has 1 heterocycles. The van der Waals surface area contributed by atoms with Gasteiger partial charge >= 0.3 is 0 Å². The molecule has 0 atom stereocenters. The van der Waals surface area contributed by atoms with Gasteiger partial charge in [0, 0.05) is 6.08 Å². The second kappa shape index (κ2) is 9.14. The highest BCUT2D eigenvalue weighted by molar-refractivity contribution is 5.95. The molecule has 0 radical (unpaired) electrons. The number of ether oxygens (including phenoxy) is 3. The number of benzene rings is 2. The third-order valence-corrected chi connectivity index (χ3v) is 3.75. The number of carbonyl (C=O) groups is 2. The van der Waals surface area contributed by atoms with Crippen LogP contribution in [-0.4, -0.2) is 31.8 Å². The molecule has 0 bridgehead atoms. The molecule has 0 fully saturated rings. The molecule has 0 aliphatic carbocycles. The van der Waals surface area contributed by atoms with Gasteiger partial charge in [-0.05, 0) is 35.9 Å². The van der Waals surface area contributed by atoms with Crippen LogP contribution in [0.4, 0.5) is 0 Å². The Morgan fingerprint density at radius 1 is 1.14 bits per heavy atom. The molecule has 2 aromatic rings. The zero-order chi connectivity index (χ0) is 19.8. The third-order valence-electron chi connectivity index (χ3n) is 3.75. The molecule has 7 nitrogen and oxygen atoms in total. The minimum absolute atomic E-state index is 0.0766. The number of nitrogens with one attached hydrogen (secondary N) is 1. The molecule has 142 valence electrons. The molecule has 3 N–H and O–H groups in total. The molecule has 2 amide bonds. The van der Waals surface area contributed by atoms with Crippen molar-refractivity contribution in [3.05, 3.63) is 59.7 Å². The third kappa shape index (κ3) is 5.05. The fourth-order valence-corrected chi connectivity index (χ4v) is 2.40. The number of rotatable bonds is 6. The first kappa shape index (κ1) is 18.9. The van der Waals surface area contributed by atoms with Crippen LogP contribution < -0.4 is 25.3 Å². The monoisotopic (exact) mass is 378 g/mol. The molecule has 0 saturated heterocycles. The van der Waals surface area contributed by atoms with E-state index in [2.05, 4.69) is 17.2 Å². The van der Waals surface area contributed by atoms with Crippen molar-refractivity contribution in [2.24, 2.45) is 5.73 Å². The average Bonchev–Trinajstić information content (AvgIpc) is 3.17. The quantitative estimate of drug-likeness (QED) is 0.589. The summed E-state index contributed by atoms with van der Waals surface area (Å²) in [4.78, 5) is 23.1. The lowest BCUT2D eigenvalue weighted by atomic mass is 10.2. The maximum absolute atomic E-state index is 11.8. The maximum Gasteiger partial charge on any atom is 0.252 e. The Kier molecular flexibility index (Phi) is 6.16. The van der Waals surface area contributed by atoms with E-state index in [0.717, 1.165) is 5.56 Å². The zero-order valence-electron chi connectivity index (χ0n) is 14.9. The Labute approximate surface area is 162 Å². The van der Waals surface area contributed by atoms with Crippen molar-refractivity contribution in [1.82, 2.24) is 5.32 Å². The molecular formula is C21H18N2O5. The second-order valence-corrected chi connectivity index (χ2v) is 5.67. The van der Waals surface area contributed by atoms with E-state index >= 15 is 0 Å². The number of carbonyl (C=O) groups excluding carboxylic acids is 2. The summed E-state index contributed by atoms with van der Waals surface area (Å²) in [5, 5.41) is 2.65. The molecule has 28 heavy (non-hydrogen) atoms. The summed E-state index contributed by atoms with van der Waals surface area (Å²) in [5.74, 6) is 6.43. The molecule has 1 aliphatic rings. The number of primary amides is 1. The Morgan fingerprint density at radius 2 is 1.96 bits per heavy atom. The van der Waals surface area contributed by atoms with Crippen molar-refractivity contribution in [2.75, 3.05) is 19.9 Å². The van der Waals surface area contributed by atoms with Gasteiger partial charge in [-0.2, -0.15) is 0 Å². The Hall–Kier alpha value is -3.92. The topological polar surface area (TPSA) is 99.9 Å². The van der Waals surface area contributed by atoms with Crippen LogP contribution in [0, 0.1) is 11.8 Å². The Morgan fingerprint density at radius 3 is 2.82 bits per heavy atom. The minimum atomic E-state index is -0.565. The minimum Gasteiger partial charge on any atom is -0.480 e. The number of hydrogen-bond acceptors (Lipinski definition) is 5. The fraction of sp³-hybridized carbons (Fsp3) is 0.143. The molecule has 0 unspecified atom stereocenters. The predicted molar refractivity (Wildman–Crippen MR) is 103 cm³/mol. The number of nitrogens with two attached hydrogens (primary N) is 1. The van der Waals surface area contributed by atoms with Gasteiger partial charge in [0.25, 0.3) is 5.91 Å². The zero-order valence-corrected chi connectivity index (χ0v) is 14.9. The first-order valence-electron chi connectivity index (χ1n) is 8.46. The summed E-state index contributed by atoms with van der Waals surface area (Å²) in [7, 11) is 0. The van der Waals surface area contributed by atoms with Gasteiger partial charge in [0.2, 0.25) is 12.7 Å². The summed E-state index contributed by atoms with van der Waals surface area (Å²) in [5.41, 5.74) is 6.40. The van der Waals surface area contributed by atoms with Gasteiger partial charge in [0.15, 0.2) is 11.5 Å². The van der Waals surface area contributed by atoms with Crippen molar-refractivity contribution < 1.29 is 23.8 Å². The van der Waals surface area contributed by atoms with Crippen molar-refractivity contribution in [1.29, 1.82) is 0 Å². The van der Waals surface area contributed by atoms with Gasteiger partial charge in [0.1, 0.15) is 12.4 Å². The molecule has 2 aromatic carbocycles. The van der Waals surface area contributed by atoms with E-state index in [1.165, 1.54) is 6.08 Å². The standard InChI is InChI=1S/C21H18N2O5/c22-21(25)16-5-1-2-6-17(16)26-12-4-3-11-23-20(24)10-8-15-7-9-18-19(13-15)28-14-27-18/h1-2,5-10,13H,11-12,14H2,(H2,22,25)(H,23,24). The van der Waals surface area contributed by atoms with Crippen molar-refractivity contribution >= 4 is 17.9 Å². The molecule has 0 spiro atoms. The van der Waals surface area contributed by atoms with Crippen LogP contribution in [-0.2, 0) is 4.79 Å².